The summed E-state index contributed by atoms with van der Waals surface area (Å²) in [6, 6.07) is 10.9. The fraction of sp³-hybridized carbons (Fsp3) is 0.471. The molecule has 1 heterocycles. The van der Waals surface area contributed by atoms with E-state index in [9.17, 15) is 0 Å². The molecule has 0 aliphatic heterocycles. The van der Waals surface area contributed by atoms with E-state index in [1.165, 1.54) is 23.4 Å². The van der Waals surface area contributed by atoms with Crippen LogP contribution in [0.15, 0.2) is 35.7 Å². The van der Waals surface area contributed by atoms with Crippen molar-refractivity contribution in [3.05, 3.63) is 40.7 Å². The summed E-state index contributed by atoms with van der Waals surface area (Å²) >= 11 is 1.77. The number of thiazole rings is 1. The van der Waals surface area contributed by atoms with Crippen LogP contribution in [0.25, 0.3) is 11.3 Å². The monoisotopic (exact) mass is 288 g/mol. The van der Waals surface area contributed by atoms with Gasteiger partial charge in [-0.1, -0.05) is 50.6 Å². The van der Waals surface area contributed by atoms with Crippen molar-refractivity contribution >= 4 is 11.3 Å². The fourth-order valence-corrected chi connectivity index (χ4v) is 3.20. The van der Waals surface area contributed by atoms with Gasteiger partial charge in [-0.15, -0.1) is 11.3 Å². The number of nitrogens with one attached hydrogen (secondary N) is 1. The Balaban J connectivity index is 2.01. The Morgan fingerprint density at radius 1 is 1.25 bits per heavy atom. The molecule has 0 radical (unpaired) electrons. The first-order valence-electron chi connectivity index (χ1n) is 7.40. The molecule has 0 saturated carbocycles. The van der Waals surface area contributed by atoms with E-state index in [4.69, 9.17) is 4.98 Å². The molecule has 2 rings (SSSR count). The van der Waals surface area contributed by atoms with E-state index in [1.54, 1.807) is 11.3 Å². The lowest BCUT2D eigenvalue weighted by Gasteiger charge is -2.18. The molecule has 0 saturated heterocycles. The van der Waals surface area contributed by atoms with Gasteiger partial charge in [0.1, 0.15) is 0 Å². The molecule has 0 amide bonds. The zero-order chi connectivity index (χ0) is 14.4. The van der Waals surface area contributed by atoms with Gasteiger partial charge in [0.2, 0.25) is 0 Å². The quantitative estimate of drug-likeness (QED) is 0.818. The summed E-state index contributed by atoms with van der Waals surface area (Å²) in [7, 11) is 2.05. The Morgan fingerprint density at radius 3 is 2.65 bits per heavy atom. The Bertz CT molecular complexity index is 507. The topological polar surface area (TPSA) is 24.9 Å². The highest BCUT2D eigenvalue weighted by atomic mass is 32.1. The summed E-state index contributed by atoms with van der Waals surface area (Å²) in [5.41, 5.74) is 2.31. The third-order valence-electron chi connectivity index (χ3n) is 3.83. The normalized spacial score (nSPS) is 14.2. The van der Waals surface area contributed by atoms with Crippen LogP contribution in [-0.4, -0.2) is 18.1 Å². The highest BCUT2D eigenvalue weighted by Crippen LogP contribution is 2.23. The van der Waals surface area contributed by atoms with Gasteiger partial charge >= 0.3 is 0 Å². The smallest absolute Gasteiger partial charge is 0.0948 e. The molecule has 1 aromatic heterocycles. The largest absolute Gasteiger partial charge is 0.317 e. The average molecular weight is 288 g/mol. The van der Waals surface area contributed by atoms with Crippen LogP contribution in [0.5, 0.6) is 0 Å². The van der Waals surface area contributed by atoms with Crippen molar-refractivity contribution in [3.63, 3.8) is 0 Å². The molecule has 1 N–H and O–H groups in total. The molecule has 20 heavy (non-hydrogen) atoms. The van der Waals surface area contributed by atoms with Crippen LogP contribution in [0.3, 0.4) is 0 Å². The first kappa shape index (κ1) is 15.2. The van der Waals surface area contributed by atoms with Crippen LogP contribution < -0.4 is 5.32 Å². The number of likely N-dealkylation sites (N-methyl/N-ethyl adjacent to an activating group) is 1. The SMILES string of the molecule is CCC(C)CC(Cc1nc(-c2ccccc2)cs1)NC. The molecule has 108 valence electrons. The van der Waals surface area contributed by atoms with Crippen LogP contribution in [0.4, 0.5) is 0 Å². The lowest BCUT2D eigenvalue weighted by Crippen LogP contribution is -2.29. The zero-order valence-electron chi connectivity index (χ0n) is 12.6. The van der Waals surface area contributed by atoms with E-state index in [1.807, 2.05) is 6.07 Å². The molecule has 0 aliphatic rings. The first-order chi connectivity index (χ1) is 9.72. The predicted octanol–water partition coefficient (Wildman–Crippen LogP) is 4.38. The Labute approximate surface area is 126 Å². The molecule has 0 bridgehead atoms. The van der Waals surface area contributed by atoms with E-state index >= 15 is 0 Å². The molecular weight excluding hydrogens is 264 g/mol. The summed E-state index contributed by atoms with van der Waals surface area (Å²) < 4.78 is 0. The summed E-state index contributed by atoms with van der Waals surface area (Å²) in [5, 5.41) is 6.83. The highest BCUT2D eigenvalue weighted by Gasteiger charge is 2.13. The Morgan fingerprint density at radius 2 is 2.00 bits per heavy atom. The molecule has 1 aromatic carbocycles. The van der Waals surface area contributed by atoms with Crippen LogP contribution in [0.1, 0.15) is 31.7 Å². The number of benzene rings is 1. The lowest BCUT2D eigenvalue weighted by atomic mass is 9.98. The second kappa shape index (κ2) is 7.55. The third kappa shape index (κ3) is 4.15. The van der Waals surface area contributed by atoms with E-state index in [-0.39, 0.29) is 0 Å². The van der Waals surface area contributed by atoms with Crippen LogP contribution in [-0.2, 0) is 6.42 Å². The van der Waals surface area contributed by atoms with Crippen molar-refractivity contribution in [2.75, 3.05) is 7.05 Å². The number of hydrogen-bond acceptors (Lipinski definition) is 3. The minimum atomic E-state index is 0.528. The minimum absolute atomic E-state index is 0.528. The number of aromatic nitrogens is 1. The summed E-state index contributed by atoms with van der Waals surface area (Å²) in [6.07, 6.45) is 3.48. The molecule has 3 heteroatoms. The van der Waals surface area contributed by atoms with Crippen molar-refractivity contribution in [2.45, 2.75) is 39.2 Å². The zero-order valence-corrected chi connectivity index (χ0v) is 13.4. The molecule has 2 atom stereocenters. The van der Waals surface area contributed by atoms with Crippen molar-refractivity contribution in [1.29, 1.82) is 0 Å². The average Bonchev–Trinajstić information content (AvgIpc) is 2.95. The van der Waals surface area contributed by atoms with Crippen molar-refractivity contribution in [3.8, 4) is 11.3 Å². The van der Waals surface area contributed by atoms with Gasteiger partial charge in [-0.3, -0.25) is 0 Å². The molecule has 0 aliphatic carbocycles. The molecule has 2 unspecified atom stereocenters. The number of hydrogen-bond donors (Lipinski definition) is 1. The number of rotatable bonds is 7. The van der Waals surface area contributed by atoms with Crippen molar-refractivity contribution in [1.82, 2.24) is 10.3 Å². The van der Waals surface area contributed by atoms with Crippen molar-refractivity contribution in [2.24, 2.45) is 5.92 Å². The molecule has 0 spiro atoms. The molecule has 2 aromatic rings. The van der Waals surface area contributed by atoms with Crippen LogP contribution in [0, 0.1) is 5.92 Å². The van der Waals surface area contributed by atoms with E-state index in [0.29, 0.717) is 6.04 Å². The van der Waals surface area contributed by atoms with Gasteiger partial charge in [-0.05, 0) is 19.4 Å². The maximum Gasteiger partial charge on any atom is 0.0948 e. The summed E-state index contributed by atoms with van der Waals surface area (Å²) in [5.74, 6) is 0.765. The van der Waals surface area contributed by atoms with Gasteiger partial charge < -0.3 is 5.32 Å². The van der Waals surface area contributed by atoms with E-state index < -0.39 is 0 Å². The second-order valence-corrected chi connectivity index (χ2v) is 6.37. The standard InChI is InChI=1S/C17H24N2S/c1-4-13(2)10-15(18-3)11-17-19-16(12-20-17)14-8-6-5-7-9-14/h5-9,12-13,15,18H,4,10-11H2,1-3H3. The maximum absolute atomic E-state index is 4.78. The molecule has 2 nitrogen and oxygen atoms in total. The molecule has 0 fully saturated rings. The van der Waals surface area contributed by atoms with Gasteiger partial charge in [-0.2, -0.15) is 0 Å². The Kier molecular flexibility index (Phi) is 5.74. The van der Waals surface area contributed by atoms with Crippen LogP contribution >= 0.6 is 11.3 Å². The summed E-state index contributed by atoms with van der Waals surface area (Å²) in [4.78, 5) is 4.78. The first-order valence-corrected chi connectivity index (χ1v) is 8.28. The molecular formula is C17H24N2S. The third-order valence-corrected chi connectivity index (χ3v) is 4.71. The summed E-state index contributed by atoms with van der Waals surface area (Å²) in [6.45, 7) is 4.58. The van der Waals surface area contributed by atoms with Crippen molar-refractivity contribution < 1.29 is 0 Å². The van der Waals surface area contributed by atoms with Gasteiger partial charge in [0, 0.05) is 23.4 Å². The van der Waals surface area contributed by atoms with Gasteiger partial charge in [0.05, 0.1) is 10.7 Å². The fourth-order valence-electron chi connectivity index (χ4n) is 2.31. The van der Waals surface area contributed by atoms with Gasteiger partial charge in [-0.25, -0.2) is 4.98 Å². The van der Waals surface area contributed by atoms with E-state index in [2.05, 4.69) is 55.9 Å². The van der Waals surface area contributed by atoms with Crippen LogP contribution in [0.2, 0.25) is 0 Å². The number of nitrogens with zero attached hydrogens (tertiary/aromatic N) is 1. The maximum atomic E-state index is 4.78. The minimum Gasteiger partial charge on any atom is -0.317 e. The Hall–Kier alpha value is -1.19. The van der Waals surface area contributed by atoms with Gasteiger partial charge in [0.25, 0.3) is 0 Å². The lowest BCUT2D eigenvalue weighted by molar-refractivity contribution is 0.410. The second-order valence-electron chi connectivity index (χ2n) is 5.43. The van der Waals surface area contributed by atoms with E-state index in [0.717, 1.165) is 18.0 Å². The predicted molar refractivity (Wildman–Crippen MR) is 88.2 cm³/mol. The highest BCUT2D eigenvalue weighted by molar-refractivity contribution is 7.09. The van der Waals surface area contributed by atoms with Gasteiger partial charge in [0.15, 0.2) is 0 Å².